The Kier molecular flexibility index (Phi) is 7.33. The predicted octanol–water partition coefficient (Wildman–Crippen LogP) is 11.0. The van der Waals surface area contributed by atoms with Gasteiger partial charge in [0.2, 0.25) is 0 Å². The van der Waals surface area contributed by atoms with Crippen molar-refractivity contribution in [1.29, 1.82) is 0 Å². The lowest BCUT2D eigenvalue weighted by molar-refractivity contribution is 0.434. The van der Waals surface area contributed by atoms with Gasteiger partial charge in [0.15, 0.2) is 17.5 Å². The number of aromatic nitrogens is 3. The van der Waals surface area contributed by atoms with Crippen LogP contribution in [0.3, 0.4) is 0 Å². The molecule has 1 aromatic heterocycles. The summed E-state index contributed by atoms with van der Waals surface area (Å²) in [7, 11) is 0. The first-order valence-corrected chi connectivity index (χ1v) is 16.8. The SMILES string of the molecule is c1ccc(-c2ccc(-c3nc(-c4ccccc4)nc(-c4ccc5c(c4)Oc4ccccc4C5(c4ccccc4)c4ccccc4)n3)cc2)cc1. The number of hydrogen-bond donors (Lipinski definition) is 0. The summed E-state index contributed by atoms with van der Waals surface area (Å²) in [5.74, 6) is 3.40. The Bertz CT molecular complexity index is 2390. The van der Waals surface area contributed by atoms with E-state index < -0.39 is 5.41 Å². The topological polar surface area (TPSA) is 47.9 Å². The maximum absolute atomic E-state index is 6.75. The summed E-state index contributed by atoms with van der Waals surface area (Å²) in [5.41, 5.74) is 8.90. The number of ether oxygens (including phenoxy) is 1. The minimum atomic E-state index is -0.592. The minimum absolute atomic E-state index is 0.580. The molecule has 9 rings (SSSR count). The van der Waals surface area contributed by atoms with E-state index in [4.69, 9.17) is 19.7 Å². The lowest BCUT2D eigenvalue weighted by Gasteiger charge is -2.41. The van der Waals surface area contributed by atoms with Crippen molar-refractivity contribution in [3.05, 3.63) is 210 Å². The summed E-state index contributed by atoms with van der Waals surface area (Å²) in [6.07, 6.45) is 0. The normalized spacial score (nSPS) is 12.7. The zero-order valence-electron chi connectivity index (χ0n) is 27.1. The van der Waals surface area contributed by atoms with Gasteiger partial charge in [0.05, 0.1) is 5.41 Å². The molecule has 0 radical (unpaired) electrons. The average Bonchev–Trinajstić information content (AvgIpc) is 3.21. The zero-order valence-corrected chi connectivity index (χ0v) is 27.1. The molecule has 1 aliphatic rings. The minimum Gasteiger partial charge on any atom is -0.457 e. The number of hydrogen-bond acceptors (Lipinski definition) is 4. The van der Waals surface area contributed by atoms with Crippen LogP contribution >= 0.6 is 0 Å². The van der Waals surface area contributed by atoms with E-state index in [-0.39, 0.29) is 0 Å². The second-order valence-corrected chi connectivity index (χ2v) is 12.4. The molecule has 8 aromatic rings. The van der Waals surface area contributed by atoms with Gasteiger partial charge in [-0.05, 0) is 34.4 Å². The van der Waals surface area contributed by atoms with E-state index in [2.05, 4.69) is 146 Å². The van der Waals surface area contributed by atoms with E-state index in [1.165, 1.54) is 11.1 Å². The molecule has 1 aliphatic heterocycles. The molecule has 0 N–H and O–H groups in total. The molecule has 0 fully saturated rings. The summed E-state index contributed by atoms with van der Waals surface area (Å²) >= 11 is 0. The van der Waals surface area contributed by atoms with Crippen molar-refractivity contribution >= 4 is 0 Å². The molecular weight excluding hydrogens is 611 g/mol. The van der Waals surface area contributed by atoms with E-state index in [1.807, 2.05) is 42.5 Å². The molecule has 4 nitrogen and oxygen atoms in total. The fourth-order valence-electron chi connectivity index (χ4n) is 7.14. The zero-order chi connectivity index (χ0) is 33.3. The second kappa shape index (κ2) is 12.4. The van der Waals surface area contributed by atoms with Crippen molar-refractivity contribution in [2.45, 2.75) is 5.41 Å². The number of nitrogens with zero attached hydrogens (tertiary/aromatic N) is 3. The quantitative estimate of drug-likeness (QED) is 0.181. The number of fused-ring (bicyclic) bond motifs is 2. The van der Waals surface area contributed by atoms with E-state index >= 15 is 0 Å². The summed E-state index contributed by atoms with van der Waals surface area (Å²) in [6, 6.07) is 65.0. The smallest absolute Gasteiger partial charge is 0.164 e. The van der Waals surface area contributed by atoms with Gasteiger partial charge in [-0.2, -0.15) is 0 Å². The average molecular weight is 642 g/mol. The van der Waals surface area contributed by atoms with Crippen molar-refractivity contribution in [3.8, 4) is 56.8 Å². The number of rotatable bonds is 6. The maximum Gasteiger partial charge on any atom is 0.164 e. The number of benzene rings is 7. The predicted molar refractivity (Wildman–Crippen MR) is 200 cm³/mol. The van der Waals surface area contributed by atoms with Gasteiger partial charge in [-0.3, -0.25) is 0 Å². The largest absolute Gasteiger partial charge is 0.457 e. The highest BCUT2D eigenvalue weighted by Gasteiger charge is 2.45. The van der Waals surface area contributed by atoms with E-state index in [0.717, 1.165) is 50.4 Å². The van der Waals surface area contributed by atoms with Crippen LogP contribution in [0.25, 0.3) is 45.3 Å². The van der Waals surface area contributed by atoms with Gasteiger partial charge in [-0.25, -0.2) is 15.0 Å². The molecule has 7 aromatic carbocycles. The Morgan fingerprint density at radius 2 is 0.720 bits per heavy atom. The van der Waals surface area contributed by atoms with Crippen molar-refractivity contribution in [2.24, 2.45) is 0 Å². The molecule has 0 spiro atoms. The van der Waals surface area contributed by atoms with E-state index in [1.54, 1.807) is 0 Å². The summed E-state index contributed by atoms with van der Waals surface area (Å²) in [5, 5.41) is 0. The van der Waals surface area contributed by atoms with Crippen LogP contribution in [0.15, 0.2) is 188 Å². The van der Waals surface area contributed by atoms with Crippen molar-refractivity contribution in [1.82, 2.24) is 15.0 Å². The Balaban J connectivity index is 1.22. The van der Waals surface area contributed by atoms with E-state index in [9.17, 15) is 0 Å². The fourth-order valence-corrected chi connectivity index (χ4v) is 7.14. The molecule has 0 amide bonds. The molecule has 236 valence electrons. The molecule has 0 aliphatic carbocycles. The molecule has 0 bridgehead atoms. The van der Waals surface area contributed by atoms with Crippen LogP contribution in [0.2, 0.25) is 0 Å². The van der Waals surface area contributed by atoms with Crippen LogP contribution in [-0.2, 0) is 5.41 Å². The third kappa shape index (κ3) is 5.06. The van der Waals surface area contributed by atoms with Gasteiger partial charge < -0.3 is 4.74 Å². The molecule has 4 heteroatoms. The highest BCUT2D eigenvalue weighted by atomic mass is 16.5. The Morgan fingerprint density at radius 1 is 0.320 bits per heavy atom. The lowest BCUT2D eigenvalue weighted by Crippen LogP contribution is -2.34. The lowest BCUT2D eigenvalue weighted by atomic mass is 9.63. The summed E-state index contributed by atoms with van der Waals surface area (Å²) in [6.45, 7) is 0. The van der Waals surface area contributed by atoms with Crippen LogP contribution in [-0.4, -0.2) is 15.0 Å². The molecule has 50 heavy (non-hydrogen) atoms. The maximum atomic E-state index is 6.75. The fraction of sp³-hybridized carbons (Fsp3) is 0.0217. The highest BCUT2D eigenvalue weighted by molar-refractivity contribution is 5.74. The number of para-hydroxylation sites is 1. The first kappa shape index (κ1) is 29.5. The first-order valence-electron chi connectivity index (χ1n) is 16.8. The van der Waals surface area contributed by atoms with Crippen LogP contribution in [0.5, 0.6) is 11.5 Å². The first-order chi connectivity index (χ1) is 24.8. The standard InChI is InChI=1S/C46H31N3O/c1-5-15-32(16-6-1)33-25-27-35(28-26-33)44-47-43(34-17-7-2-8-18-34)48-45(49-44)36-29-30-40-42(31-36)50-41-24-14-13-23-39(41)46(40,37-19-9-3-10-20-37)38-21-11-4-12-22-38/h1-31H. The third-order valence-corrected chi connectivity index (χ3v) is 9.49. The van der Waals surface area contributed by atoms with Gasteiger partial charge in [0.1, 0.15) is 11.5 Å². The molecule has 2 heterocycles. The molecule has 0 atom stereocenters. The Labute approximate surface area is 291 Å². The van der Waals surface area contributed by atoms with Gasteiger partial charge in [0.25, 0.3) is 0 Å². The molecule has 0 saturated carbocycles. The summed E-state index contributed by atoms with van der Waals surface area (Å²) in [4.78, 5) is 15.1. The van der Waals surface area contributed by atoms with Gasteiger partial charge >= 0.3 is 0 Å². The van der Waals surface area contributed by atoms with Crippen LogP contribution in [0.1, 0.15) is 22.3 Å². The molecule has 0 unspecified atom stereocenters. The van der Waals surface area contributed by atoms with Gasteiger partial charge in [-0.1, -0.05) is 176 Å². The second-order valence-electron chi connectivity index (χ2n) is 12.4. The van der Waals surface area contributed by atoms with Crippen LogP contribution in [0.4, 0.5) is 0 Å². The van der Waals surface area contributed by atoms with Crippen molar-refractivity contribution in [2.75, 3.05) is 0 Å². The Hall–Kier alpha value is -6.65. The third-order valence-electron chi connectivity index (χ3n) is 9.49. The molecule has 0 saturated heterocycles. The van der Waals surface area contributed by atoms with Crippen LogP contribution in [0, 0.1) is 0 Å². The van der Waals surface area contributed by atoms with Crippen molar-refractivity contribution in [3.63, 3.8) is 0 Å². The van der Waals surface area contributed by atoms with Gasteiger partial charge in [-0.15, -0.1) is 0 Å². The van der Waals surface area contributed by atoms with Gasteiger partial charge in [0, 0.05) is 27.8 Å². The van der Waals surface area contributed by atoms with E-state index in [0.29, 0.717) is 17.5 Å². The van der Waals surface area contributed by atoms with Crippen LogP contribution < -0.4 is 4.74 Å². The monoisotopic (exact) mass is 641 g/mol. The summed E-state index contributed by atoms with van der Waals surface area (Å²) < 4.78 is 6.75. The molecular formula is C46H31N3O. The van der Waals surface area contributed by atoms with Crippen molar-refractivity contribution < 1.29 is 4.74 Å². The highest BCUT2D eigenvalue weighted by Crippen LogP contribution is 2.55. The Morgan fingerprint density at radius 3 is 1.32 bits per heavy atom.